The second-order valence-corrected chi connectivity index (χ2v) is 13.7. The molecule has 0 aliphatic heterocycles. The van der Waals surface area contributed by atoms with Gasteiger partial charge in [0.05, 0.1) is 5.56 Å². The highest BCUT2D eigenvalue weighted by Crippen LogP contribution is 2.37. The van der Waals surface area contributed by atoms with Crippen LogP contribution >= 0.6 is 0 Å². The minimum Gasteiger partial charge on any atom is -0.543 e. The summed E-state index contributed by atoms with van der Waals surface area (Å²) in [6.45, 7) is 14.8. The SMILES string of the molecule is Cc1cc(C(=O)NCc2cccc(O[Si](C)(C)C(C)(C)C)c2)cc(C)c1C(=O)O. The van der Waals surface area contributed by atoms with Crippen molar-refractivity contribution in [3.8, 4) is 5.75 Å². The van der Waals surface area contributed by atoms with Crippen LogP contribution in [0.4, 0.5) is 0 Å². The monoisotopic (exact) mass is 413 g/mol. The molecular weight excluding hydrogens is 382 g/mol. The van der Waals surface area contributed by atoms with Crippen molar-refractivity contribution in [2.24, 2.45) is 0 Å². The Morgan fingerprint density at radius 3 is 2.17 bits per heavy atom. The molecule has 156 valence electrons. The normalized spacial score (nSPS) is 11.8. The smallest absolute Gasteiger partial charge is 0.336 e. The van der Waals surface area contributed by atoms with Gasteiger partial charge in [-0.2, -0.15) is 0 Å². The quantitative estimate of drug-likeness (QED) is 0.629. The average molecular weight is 414 g/mol. The fourth-order valence-electron chi connectivity index (χ4n) is 2.88. The molecule has 0 spiro atoms. The Bertz CT molecular complexity index is 906. The number of nitrogens with one attached hydrogen (secondary N) is 1. The van der Waals surface area contributed by atoms with E-state index >= 15 is 0 Å². The molecule has 2 aromatic rings. The molecule has 1 amide bonds. The molecule has 6 heteroatoms. The molecule has 0 aliphatic carbocycles. The summed E-state index contributed by atoms with van der Waals surface area (Å²) in [4.78, 5) is 23.9. The van der Waals surface area contributed by atoms with Gasteiger partial charge in [0, 0.05) is 12.1 Å². The van der Waals surface area contributed by atoms with E-state index < -0.39 is 14.3 Å². The van der Waals surface area contributed by atoms with Gasteiger partial charge in [-0.1, -0.05) is 32.9 Å². The van der Waals surface area contributed by atoms with Gasteiger partial charge in [-0.25, -0.2) is 4.79 Å². The third-order valence-corrected chi connectivity index (χ3v) is 9.90. The summed E-state index contributed by atoms with van der Waals surface area (Å²) in [5.41, 5.74) is 2.81. The van der Waals surface area contributed by atoms with Crippen molar-refractivity contribution in [2.75, 3.05) is 0 Å². The van der Waals surface area contributed by atoms with Crippen LogP contribution in [0.25, 0.3) is 0 Å². The third kappa shape index (κ3) is 5.47. The first-order chi connectivity index (χ1) is 13.3. The van der Waals surface area contributed by atoms with Crippen LogP contribution in [0.15, 0.2) is 36.4 Å². The first-order valence-corrected chi connectivity index (χ1v) is 12.6. The highest BCUT2D eigenvalue weighted by atomic mass is 28.4. The van der Waals surface area contributed by atoms with Crippen molar-refractivity contribution in [1.29, 1.82) is 0 Å². The zero-order valence-electron chi connectivity index (χ0n) is 18.3. The molecule has 2 aromatic carbocycles. The van der Waals surface area contributed by atoms with E-state index in [1.54, 1.807) is 26.0 Å². The lowest BCUT2D eigenvalue weighted by Gasteiger charge is -2.36. The van der Waals surface area contributed by atoms with Gasteiger partial charge in [0.15, 0.2) is 0 Å². The molecule has 0 aromatic heterocycles. The molecule has 0 saturated heterocycles. The van der Waals surface area contributed by atoms with Crippen molar-refractivity contribution < 1.29 is 19.1 Å². The van der Waals surface area contributed by atoms with Gasteiger partial charge in [-0.3, -0.25) is 4.79 Å². The summed E-state index contributed by atoms with van der Waals surface area (Å²) in [6, 6.07) is 11.0. The largest absolute Gasteiger partial charge is 0.543 e. The first kappa shape index (κ1) is 22.7. The van der Waals surface area contributed by atoms with E-state index in [1.165, 1.54) is 0 Å². The molecule has 0 bridgehead atoms. The number of carbonyl (C=O) groups excluding carboxylic acids is 1. The number of hydrogen-bond donors (Lipinski definition) is 2. The van der Waals surface area contributed by atoms with Crippen molar-refractivity contribution in [3.63, 3.8) is 0 Å². The zero-order valence-corrected chi connectivity index (χ0v) is 19.3. The van der Waals surface area contributed by atoms with Gasteiger partial charge in [-0.05, 0) is 72.9 Å². The van der Waals surface area contributed by atoms with Gasteiger partial charge in [0.25, 0.3) is 5.91 Å². The maximum absolute atomic E-state index is 12.6. The summed E-state index contributed by atoms with van der Waals surface area (Å²) < 4.78 is 6.34. The van der Waals surface area contributed by atoms with E-state index in [0.717, 1.165) is 11.3 Å². The van der Waals surface area contributed by atoms with Crippen molar-refractivity contribution >= 4 is 20.2 Å². The van der Waals surface area contributed by atoms with E-state index in [1.807, 2.05) is 24.3 Å². The Morgan fingerprint density at radius 2 is 1.66 bits per heavy atom. The predicted molar refractivity (Wildman–Crippen MR) is 118 cm³/mol. The van der Waals surface area contributed by atoms with Crippen LogP contribution < -0.4 is 9.74 Å². The van der Waals surface area contributed by atoms with Gasteiger partial charge >= 0.3 is 5.97 Å². The van der Waals surface area contributed by atoms with Gasteiger partial charge in [0.1, 0.15) is 5.75 Å². The molecule has 0 fully saturated rings. The number of hydrogen-bond acceptors (Lipinski definition) is 3. The number of carbonyl (C=O) groups is 2. The Hall–Kier alpha value is -2.60. The molecule has 0 radical (unpaired) electrons. The van der Waals surface area contributed by atoms with Crippen LogP contribution in [0.3, 0.4) is 0 Å². The molecule has 0 unspecified atom stereocenters. The van der Waals surface area contributed by atoms with Crippen molar-refractivity contribution in [1.82, 2.24) is 5.32 Å². The lowest BCUT2D eigenvalue weighted by molar-refractivity contribution is 0.0694. The maximum Gasteiger partial charge on any atom is 0.336 e. The number of aromatic carboxylic acids is 1. The van der Waals surface area contributed by atoms with Crippen LogP contribution in [0.1, 0.15) is 58.2 Å². The van der Waals surface area contributed by atoms with E-state index in [2.05, 4.69) is 39.2 Å². The van der Waals surface area contributed by atoms with Crippen LogP contribution in [0.2, 0.25) is 18.1 Å². The minimum atomic E-state index is -1.93. The second-order valence-electron chi connectivity index (χ2n) is 8.98. The molecule has 2 rings (SSSR count). The number of amides is 1. The van der Waals surface area contributed by atoms with Crippen LogP contribution in [0, 0.1) is 13.8 Å². The fourth-order valence-corrected chi connectivity index (χ4v) is 3.91. The number of carboxylic acids is 1. The van der Waals surface area contributed by atoms with Gasteiger partial charge in [0.2, 0.25) is 8.32 Å². The van der Waals surface area contributed by atoms with Crippen molar-refractivity contribution in [2.45, 2.75) is 59.3 Å². The predicted octanol–water partition coefficient (Wildman–Crippen LogP) is 5.32. The summed E-state index contributed by atoms with van der Waals surface area (Å²) in [5, 5.41) is 12.3. The van der Waals surface area contributed by atoms with E-state index in [-0.39, 0.29) is 16.5 Å². The number of carboxylic acid groups (broad SMARTS) is 1. The molecule has 0 saturated carbocycles. The third-order valence-electron chi connectivity index (χ3n) is 5.54. The zero-order chi connectivity index (χ0) is 22.0. The molecule has 5 nitrogen and oxygen atoms in total. The van der Waals surface area contributed by atoms with Gasteiger partial charge in [-0.15, -0.1) is 0 Å². The Morgan fingerprint density at radius 1 is 1.07 bits per heavy atom. The van der Waals surface area contributed by atoms with E-state index in [9.17, 15) is 14.7 Å². The Kier molecular flexibility index (Phi) is 6.58. The molecule has 29 heavy (non-hydrogen) atoms. The van der Waals surface area contributed by atoms with E-state index in [4.69, 9.17) is 4.43 Å². The summed E-state index contributed by atoms with van der Waals surface area (Å²) in [6.07, 6.45) is 0. The van der Waals surface area contributed by atoms with Crippen LogP contribution in [-0.4, -0.2) is 25.3 Å². The molecule has 0 heterocycles. The fraction of sp³-hybridized carbons (Fsp3) is 0.391. The maximum atomic E-state index is 12.6. The van der Waals surface area contributed by atoms with Crippen LogP contribution in [0.5, 0.6) is 5.75 Å². The van der Waals surface area contributed by atoms with Crippen LogP contribution in [-0.2, 0) is 6.54 Å². The highest BCUT2D eigenvalue weighted by molar-refractivity contribution is 6.74. The minimum absolute atomic E-state index is 0.106. The summed E-state index contributed by atoms with van der Waals surface area (Å²) >= 11 is 0. The molecule has 0 atom stereocenters. The Balaban J connectivity index is 2.11. The Labute approximate surface area is 174 Å². The van der Waals surface area contributed by atoms with E-state index in [0.29, 0.717) is 23.2 Å². The summed E-state index contributed by atoms with van der Waals surface area (Å²) in [5.74, 6) is -0.393. The van der Waals surface area contributed by atoms with Crippen molar-refractivity contribution in [3.05, 3.63) is 64.2 Å². The average Bonchev–Trinajstić information content (AvgIpc) is 2.57. The summed E-state index contributed by atoms with van der Waals surface area (Å²) in [7, 11) is -1.93. The molecule has 0 aliphatic rings. The highest BCUT2D eigenvalue weighted by Gasteiger charge is 2.38. The lowest BCUT2D eigenvalue weighted by atomic mass is 9.99. The second kappa shape index (κ2) is 8.41. The topological polar surface area (TPSA) is 75.6 Å². The van der Waals surface area contributed by atoms with Gasteiger partial charge < -0.3 is 14.8 Å². The molecule has 2 N–H and O–H groups in total. The standard InChI is InChI=1S/C23H31NO4Si/c1-15-11-18(12-16(2)20(15)22(26)27)21(25)24-14-17-9-8-10-19(13-17)28-29(6,7)23(3,4)5/h8-13H,14H2,1-7H3,(H,24,25)(H,26,27). The molecular formula is C23H31NO4Si. The number of benzene rings is 2. The first-order valence-electron chi connectivity index (χ1n) is 9.72. The lowest BCUT2D eigenvalue weighted by Crippen LogP contribution is -2.43. The number of rotatable bonds is 6. The number of aryl methyl sites for hydroxylation is 2.